The second-order valence-electron chi connectivity index (χ2n) is 8.90. The van der Waals surface area contributed by atoms with Crippen LogP contribution in [0.1, 0.15) is 63.5 Å². The van der Waals surface area contributed by atoms with E-state index in [9.17, 15) is 9.59 Å². The number of carbonyl (C=O) groups excluding carboxylic acids is 2. The zero-order chi connectivity index (χ0) is 23.3. The number of carbonyl (C=O) groups is 2. The predicted octanol–water partition coefficient (Wildman–Crippen LogP) is 5.10. The SMILES string of the molecule is CC(C=O)(CCCCNC(=S)NCCCCC(C)(C=O)c1ccccc1)c1ccccc1. The molecule has 2 rings (SSSR count). The average molecular weight is 453 g/mol. The van der Waals surface area contributed by atoms with Gasteiger partial charge in [-0.15, -0.1) is 0 Å². The van der Waals surface area contributed by atoms with Gasteiger partial charge in [0, 0.05) is 23.9 Å². The number of rotatable bonds is 14. The molecule has 2 unspecified atom stereocenters. The fraction of sp³-hybridized carbons (Fsp3) is 0.444. The lowest BCUT2D eigenvalue weighted by atomic mass is 9.79. The van der Waals surface area contributed by atoms with Gasteiger partial charge in [0.15, 0.2) is 5.11 Å². The highest BCUT2D eigenvalue weighted by molar-refractivity contribution is 7.80. The number of aldehydes is 2. The lowest BCUT2D eigenvalue weighted by molar-refractivity contribution is -0.113. The van der Waals surface area contributed by atoms with Crippen LogP contribution < -0.4 is 10.6 Å². The first-order chi connectivity index (χ1) is 15.4. The van der Waals surface area contributed by atoms with Crippen LogP contribution in [0.2, 0.25) is 0 Å². The molecule has 5 heteroatoms. The van der Waals surface area contributed by atoms with Crippen molar-refractivity contribution in [2.45, 2.75) is 63.2 Å². The van der Waals surface area contributed by atoms with Crippen LogP contribution in [0.5, 0.6) is 0 Å². The highest BCUT2D eigenvalue weighted by Crippen LogP contribution is 2.28. The summed E-state index contributed by atoms with van der Waals surface area (Å²) in [6.45, 7) is 5.57. The highest BCUT2D eigenvalue weighted by atomic mass is 32.1. The van der Waals surface area contributed by atoms with E-state index < -0.39 is 10.8 Å². The van der Waals surface area contributed by atoms with Crippen LogP contribution in [-0.4, -0.2) is 30.8 Å². The second-order valence-corrected chi connectivity index (χ2v) is 9.31. The summed E-state index contributed by atoms with van der Waals surface area (Å²) in [4.78, 5) is 23.3. The molecule has 2 aromatic carbocycles. The molecule has 0 fully saturated rings. The quantitative estimate of drug-likeness (QED) is 0.237. The van der Waals surface area contributed by atoms with Crippen LogP contribution in [-0.2, 0) is 20.4 Å². The van der Waals surface area contributed by atoms with Gasteiger partial charge in [0.25, 0.3) is 0 Å². The van der Waals surface area contributed by atoms with E-state index in [1.807, 2.05) is 74.5 Å². The average Bonchev–Trinajstić information content (AvgIpc) is 2.84. The molecule has 0 saturated carbocycles. The van der Waals surface area contributed by atoms with Gasteiger partial charge in [0.1, 0.15) is 12.6 Å². The van der Waals surface area contributed by atoms with E-state index in [0.717, 1.165) is 75.3 Å². The Morgan fingerprint density at radius 2 is 1.09 bits per heavy atom. The highest BCUT2D eigenvalue weighted by Gasteiger charge is 2.26. The standard InChI is InChI=1S/C27H36N2O2S/c1-26(21-30,23-13-5-3-6-14-23)17-9-11-19-28-25(32)29-20-12-10-18-27(2,22-31)24-15-7-4-8-16-24/h3-8,13-16,21-22H,9-12,17-20H2,1-2H3,(H2,28,29,32). The van der Waals surface area contributed by atoms with Crippen LogP contribution >= 0.6 is 12.2 Å². The zero-order valence-electron chi connectivity index (χ0n) is 19.3. The molecule has 0 aliphatic heterocycles. The molecule has 0 saturated heterocycles. The molecule has 0 bridgehead atoms. The second kappa shape index (κ2) is 13.1. The Bertz CT molecular complexity index is 774. The predicted molar refractivity (Wildman–Crippen MR) is 136 cm³/mol. The van der Waals surface area contributed by atoms with Gasteiger partial charge in [0.05, 0.1) is 0 Å². The summed E-state index contributed by atoms with van der Waals surface area (Å²) >= 11 is 5.36. The molecular weight excluding hydrogens is 416 g/mol. The molecule has 2 aromatic rings. The summed E-state index contributed by atoms with van der Waals surface area (Å²) in [6.07, 6.45) is 7.57. The normalized spacial score (nSPS) is 14.6. The van der Waals surface area contributed by atoms with Gasteiger partial charge >= 0.3 is 0 Å². The van der Waals surface area contributed by atoms with E-state index in [-0.39, 0.29) is 0 Å². The van der Waals surface area contributed by atoms with Crippen LogP contribution in [0.15, 0.2) is 60.7 Å². The van der Waals surface area contributed by atoms with Crippen LogP contribution in [0.25, 0.3) is 0 Å². The van der Waals surface area contributed by atoms with Crippen LogP contribution in [0, 0.1) is 0 Å². The Hall–Kier alpha value is -2.53. The van der Waals surface area contributed by atoms with Crippen LogP contribution in [0.4, 0.5) is 0 Å². The lowest BCUT2D eigenvalue weighted by Gasteiger charge is -2.24. The van der Waals surface area contributed by atoms with Crippen molar-refractivity contribution in [2.75, 3.05) is 13.1 Å². The van der Waals surface area contributed by atoms with Gasteiger partial charge in [0.2, 0.25) is 0 Å². The van der Waals surface area contributed by atoms with Gasteiger partial charge in [-0.3, -0.25) is 0 Å². The summed E-state index contributed by atoms with van der Waals surface area (Å²) < 4.78 is 0. The number of benzene rings is 2. The molecule has 4 nitrogen and oxygen atoms in total. The molecule has 2 atom stereocenters. The maximum atomic E-state index is 11.7. The maximum Gasteiger partial charge on any atom is 0.166 e. The summed E-state index contributed by atoms with van der Waals surface area (Å²) in [5.74, 6) is 0. The Morgan fingerprint density at radius 3 is 1.44 bits per heavy atom. The van der Waals surface area contributed by atoms with E-state index >= 15 is 0 Å². The first kappa shape index (κ1) is 25.7. The Morgan fingerprint density at radius 1 is 0.719 bits per heavy atom. The summed E-state index contributed by atoms with van der Waals surface area (Å²) in [5.41, 5.74) is 1.27. The molecule has 0 radical (unpaired) electrons. The maximum absolute atomic E-state index is 11.7. The monoisotopic (exact) mass is 452 g/mol. The molecule has 0 spiro atoms. The fourth-order valence-electron chi connectivity index (χ4n) is 3.88. The molecule has 0 aliphatic rings. The number of hydrogen-bond donors (Lipinski definition) is 2. The smallest absolute Gasteiger partial charge is 0.166 e. The number of hydrogen-bond acceptors (Lipinski definition) is 3. The molecule has 0 aliphatic carbocycles. The van der Waals surface area contributed by atoms with Crippen molar-refractivity contribution in [1.29, 1.82) is 0 Å². The minimum atomic E-state index is -0.435. The molecule has 0 amide bonds. The van der Waals surface area contributed by atoms with Crippen molar-refractivity contribution in [3.8, 4) is 0 Å². The summed E-state index contributed by atoms with van der Waals surface area (Å²) in [5, 5.41) is 7.15. The summed E-state index contributed by atoms with van der Waals surface area (Å²) in [7, 11) is 0. The molecule has 32 heavy (non-hydrogen) atoms. The molecule has 0 heterocycles. The molecule has 0 aromatic heterocycles. The number of unbranched alkanes of at least 4 members (excludes halogenated alkanes) is 2. The van der Waals surface area contributed by atoms with Crippen molar-refractivity contribution in [2.24, 2.45) is 0 Å². The third-order valence-electron chi connectivity index (χ3n) is 6.20. The van der Waals surface area contributed by atoms with Crippen molar-refractivity contribution in [1.82, 2.24) is 10.6 Å². The van der Waals surface area contributed by atoms with Crippen molar-refractivity contribution < 1.29 is 9.59 Å². The molecule has 2 N–H and O–H groups in total. The molecule has 172 valence electrons. The van der Waals surface area contributed by atoms with E-state index in [0.29, 0.717) is 5.11 Å². The lowest BCUT2D eigenvalue weighted by Crippen LogP contribution is -2.36. The minimum absolute atomic E-state index is 0.435. The van der Waals surface area contributed by atoms with Gasteiger partial charge in [-0.1, -0.05) is 73.5 Å². The van der Waals surface area contributed by atoms with Crippen molar-refractivity contribution >= 4 is 29.9 Å². The van der Waals surface area contributed by atoms with Gasteiger partial charge in [-0.2, -0.15) is 0 Å². The third-order valence-corrected chi connectivity index (χ3v) is 6.49. The molecular formula is C27H36N2O2S. The fourth-order valence-corrected chi connectivity index (χ4v) is 4.09. The topological polar surface area (TPSA) is 58.2 Å². The third kappa shape index (κ3) is 7.86. The van der Waals surface area contributed by atoms with Crippen molar-refractivity contribution in [3.05, 3.63) is 71.8 Å². The van der Waals surface area contributed by atoms with E-state index in [1.165, 1.54) is 0 Å². The Labute approximate surface area is 198 Å². The van der Waals surface area contributed by atoms with Gasteiger partial charge in [-0.25, -0.2) is 0 Å². The van der Waals surface area contributed by atoms with Crippen molar-refractivity contribution in [3.63, 3.8) is 0 Å². The first-order valence-corrected chi connectivity index (χ1v) is 11.9. The van der Waals surface area contributed by atoms with Gasteiger partial charge in [-0.05, 0) is 62.9 Å². The minimum Gasteiger partial charge on any atom is -0.363 e. The number of thiocarbonyl (C=S) groups is 1. The Balaban J connectivity index is 1.59. The summed E-state index contributed by atoms with van der Waals surface area (Å²) in [6, 6.07) is 19.9. The number of nitrogens with one attached hydrogen (secondary N) is 2. The van der Waals surface area contributed by atoms with E-state index in [1.54, 1.807) is 0 Å². The van der Waals surface area contributed by atoms with E-state index in [4.69, 9.17) is 12.2 Å². The zero-order valence-corrected chi connectivity index (χ0v) is 20.1. The van der Waals surface area contributed by atoms with E-state index in [2.05, 4.69) is 10.6 Å². The van der Waals surface area contributed by atoms with Crippen LogP contribution in [0.3, 0.4) is 0 Å². The van der Waals surface area contributed by atoms with Gasteiger partial charge < -0.3 is 20.2 Å². The first-order valence-electron chi connectivity index (χ1n) is 11.5. The Kier molecular flexibility index (Phi) is 10.5. The largest absolute Gasteiger partial charge is 0.363 e.